The second-order valence-electron chi connectivity index (χ2n) is 1.83. The fourth-order valence-electron chi connectivity index (χ4n) is 0.566. The van der Waals surface area contributed by atoms with Gasteiger partial charge >= 0.3 is 0 Å². The summed E-state index contributed by atoms with van der Waals surface area (Å²) in [7, 11) is 0. The quantitative estimate of drug-likeness (QED) is 0.271. The lowest BCUT2D eigenvalue weighted by atomic mass is 10.3. The molecule has 0 heterocycles. The maximum absolute atomic E-state index is 3.82. The van der Waals surface area contributed by atoms with Gasteiger partial charge in [-0.2, -0.15) is 0 Å². The lowest BCUT2D eigenvalue weighted by molar-refractivity contribution is -0.255. The lowest BCUT2D eigenvalue weighted by Gasteiger charge is -1.98. The van der Waals surface area contributed by atoms with Gasteiger partial charge in [-0.05, 0) is 53.9 Å². The highest BCUT2D eigenvalue weighted by Crippen LogP contribution is 2.33. The van der Waals surface area contributed by atoms with E-state index in [9.17, 15) is 0 Å². The maximum Gasteiger partial charge on any atom is 0.143 e. The summed E-state index contributed by atoms with van der Waals surface area (Å²) in [6.45, 7) is 0. The Morgan fingerprint density at radius 1 is 0.786 bits per heavy atom. The summed E-state index contributed by atoms with van der Waals surface area (Å²) >= 11 is 10.2. The Balaban J connectivity index is -0.000000125. The Bertz CT molecular complexity index is 238. The Kier molecular flexibility index (Phi) is 21.8. The van der Waals surface area contributed by atoms with Crippen molar-refractivity contribution in [2.45, 2.75) is 0 Å². The smallest absolute Gasteiger partial charge is 0.143 e. The van der Waals surface area contributed by atoms with E-state index >= 15 is 0 Å². The van der Waals surface area contributed by atoms with Crippen molar-refractivity contribution in [3.8, 4) is 0 Å². The first-order chi connectivity index (χ1) is 4.63. The minimum absolute atomic E-state index is 0. The van der Waals surface area contributed by atoms with Crippen LogP contribution in [0.3, 0.4) is 0 Å². The molecule has 1 rings (SSSR count). The van der Waals surface area contributed by atoms with Gasteiger partial charge in [-0.1, -0.05) is 0 Å². The van der Waals surface area contributed by atoms with Crippen LogP contribution in [0.5, 0.6) is 0 Å². The fourth-order valence-corrected chi connectivity index (χ4v) is 1.89. The molecule has 8 heteroatoms. The van der Waals surface area contributed by atoms with Gasteiger partial charge in [0.15, 0.2) is 0 Å². The van der Waals surface area contributed by atoms with E-state index < -0.39 is 0 Å². The molecule has 1 nitrogen and oxygen atoms in total. The molecule has 86 valence electrons. The van der Waals surface area contributed by atoms with Gasteiger partial charge in [-0.25, -0.2) is 0 Å². The Hall–Kier alpha value is 2.54. The minimum Gasteiger partial charge on any atom is -1.00 e. The highest BCUT2D eigenvalue weighted by molar-refractivity contribution is 9.14. The summed E-state index contributed by atoms with van der Waals surface area (Å²) in [6.07, 6.45) is 0. The van der Waals surface area contributed by atoms with E-state index in [1.807, 2.05) is 12.1 Å². The molecule has 1 aromatic carbocycles. The predicted molar refractivity (Wildman–Crippen MR) is 52.1 cm³/mol. The Morgan fingerprint density at radius 3 is 1.57 bits per heavy atom. The molecule has 0 atom stereocenters. The third-order valence-corrected chi connectivity index (χ3v) is 4.57. The molecule has 0 amide bonds. The molecule has 0 aliphatic carbocycles. The van der Waals surface area contributed by atoms with Crippen LogP contribution in [-0.2, 0) is 0 Å². The highest BCUT2D eigenvalue weighted by Gasteiger charge is 2.05. The molecule has 0 bridgehead atoms. The molecule has 0 fully saturated rings. The molecule has 0 aromatic heterocycles. The van der Waals surface area contributed by atoms with Crippen LogP contribution in [0.1, 0.15) is 0 Å². The molecule has 1 aromatic rings. The van der Waals surface area contributed by atoms with Crippen molar-refractivity contribution >= 4 is 53.5 Å². The summed E-state index contributed by atoms with van der Waals surface area (Å²) in [5.74, 6) is 0. The minimum atomic E-state index is 0. The van der Waals surface area contributed by atoms with Crippen molar-refractivity contribution in [1.29, 1.82) is 0 Å². The van der Waals surface area contributed by atoms with Crippen molar-refractivity contribution in [3.05, 3.63) is 25.6 Å². The van der Waals surface area contributed by atoms with E-state index in [1.54, 1.807) is 0 Å². The average molecular weight is 650 g/mol. The highest BCUT2D eigenvalue weighted by atomic mass is 79.9. The van der Waals surface area contributed by atoms with Gasteiger partial charge in [0.2, 0.25) is 0 Å². The number of hydrogen-bond donors (Lipinski definition) is 1. The van der Waals surface area contributed by atoms with Crippen molar-refractivity contribution in [3.63, 3.8) is 0 Å². The molecule has 0 unspecified atom stereocenters. The molecule has 0 saturated heterocycles. The second kappa shape index (κ2) is 12.0. The van der Waals surface area contributed by atoms with Crippen LogP contribution in [0, 0.1) is 0 Å². The van der Waals surface area contributed by atoms with Gasteiger partial charge in [0.1, 0.15) is 5.69 Å². The molecular formula is C6H5Br7N-3. The zero-order chi connectivity index (χ0) is 7.72. The topological polar surface area (TPSA) is 27.6 Å². The molecule has 14 heavy (non-hydrogen) atoms. The average Bonchev–Trinajstić information content (AvgIpc) is 1.93. The summed E-state index contributed by atoms with van der Waals surface area (Å²) in [5.41, 5.74) is 4.81. The monoisotopic (exact) mass is 643 g/mol. The molecule has 0 saturated carbocycles. The van der Waals surface area contributed by atoms with Gasteiger partial charge in [0.25, 0.3) is 0 Å². The second-order valence-corrected chi connectivity index (χ2v) is 4.27. The third-order valence-electron chi connectivity index (χ3n) is 1.12. The summed E-state index contributed by atoms with van der Waals surface area (Å²) < 4.78 is 3.05. The first kappa shape index (κ1) is 25.4. The number of hydrogen-bond acceptors (Lipinski definition) is 0. The Labute approximate surface area is 150 Å². The standard InChI is InChI=1S/C6H4Br3N.4BrH/c7-3-1-2-4(10)6(9)5(3)8;;;;/h1-2H,10H2;4*1H/p-3. The normalized spacial score (nSPS) is 7.14. The van der Waals surface area contributed by atoms with Crippen LogP contribution in [-0.4, -0.2) is 0 Å². The van der Waals surface area contributed by atoms with E-state index in [-0.39, 0.29) is 67.9 Å². The van der Waals surface area contributed by atoms with E-state index in [2.05, 4.69) is 53.5 Å². The maximum atomic E-state index is 3.82. The van der Waals surface area contributed by atoms with Gasteiger partial charge in [0, 0.05) is 10.5 Å². The molecular weight excluding hydrogens is 645 g/mol. The largest absolute Gasteiger partial charge is 1.00 e. The predicted octanol–water partition coefficient (Wildman–Crippen LogP) is -9.14. The van der Waals surface area contributed by atoms with Crippen LogP contribution in [0.4, 0.5) is 5.69 Å². The fraction of sp³-hybridized carbons (Fsp3) is 0. The van der Waals surface area contributed by atoms with E-state index in [1.165, 1.54) is 0 Å². The zero-order valence-electron chi connectivity index (χ0n) is 6.51. The van der Waals surface area contributed by atoms with Crippen molar-refractivity contribution < 1.29 is 73.7 Å². The zero-order valence-corrected chi connectivity index (χ0v) is 17.6. The van der Waals surface area contributed by atoms with E-state index in [4.69, 9.17) is 0 Å². The molecule has 0 radical (unpaired) electrons. The van der Waals surface area contributed by atoms with E-state index in [0.29, 0.717) is 0 Å². The van der Waals surface area contributed by atoms with Crippen molar-refractivity contribution in [2.24, 2.45) is 0 Å². The SMILES string of the molecule is [Br-].[Br-].[Br-].[Br-].[NH3+]c1ccc(Br)c(Br)c1Br. The van der Waals surface area contributed by atoms with Gasteiger partial charge in [-0.3, -0.25) is 0 Å². The van der Waals surface area contributed by atoms with Crippen LogP contribution in [0.15, 0.2) is 25.6 Å². The van der Waals surface area contributed by atoms with Gasteiger partial charge in [0.05, 0.1) is 8.95 Å². The van der Waals surface area contributed by atoms with Crippen molar-refractivity contribution in [2.75, 3.05) is 0 Å². The van der Waals surface area contributed by atoms with Crippen LogP contribution >= 0.6 is 47.8 Å². The summed E-state index contributed by atoms with van der Waals surface area (Å²) in [4.78, 5) is 0. The number of quaternary nitrogens is 1. The first-order valence-corrected chi connectivity index (χ1v) is 4.96. The third kappa shape index (κ3) is 6.98. The molecule has 3 N–H and O–H groups in total. The summed E-state index contributed by atoms with van der Waals surface area (Å²) in [5, 5.41) is 0. The number of halogens is 7. The van der Waals surface area contributed by atoms with Crippen LogP contribution in [0.25, 0.3) is 0 Å². The van der Waals surface area contributed by atoms with Crippen LogP contribution in [0.2, 0.25) is 0 Å². The van der Waals surface area contributed by atoms with E-state index in [0.717, 1.165) is 19.1 Å². The number of benzene rings is 1. The Morgan fingerprint density at radius 2 is 1.21 bits per heavy atom. The number of rotatable bonds is 0. The first-order valence-electron chi connectivity index (χ1n) is 2.58. The molecule has 0 aliphatic heterocycles. The van der Waals surface area contributed by atoms with Gasteiger partial charge < -0.3 is 73.7 Å². The van der Waals surface area contributed by atoms with Crippen LogP contribution < -0.4 is 73.7 Å². The van der Waals surface area contributed by atoms with Crippen molar-refractivity contribution in [1.82, 2.24) is 0 Å². The summed E-state index contributed by atoms with van der Waals surface area (Å²) in [6, 6.07) is 3.90. The lowest BCUT2D eigenvalue weighted by Crippen LogP contribution is -3.00. The molecule has 0 spiro atoms. The molecule has 0 aliphatic rings. The van der Waals surface area contributed by atoms with Gasteiger partial charge in [-0.15, -0.1) is 0 Å².